The molecule has 6 heteroatoms. The third-order valence-corrected chi connectivity index (χ3v) is 2.55. The molecular formula is C10H10N2O3S. The molecule has 2 aromatic rings. The summed E-state index contributed by atoms with van der Waals surface area (Å²) in [5.41, 5.74) is 0.797. The Hall–Kier alpha value is -1.66. The van der Waals surface area contributed by atoms with Crippen molar-refractivity contribution in [3.8, 4) is 11.4 Å². The Morgan fingerprint density at radius 1 is 1.38 bits per heavy atom. The van der Waals surface area contributed by atoms with Crippen molar-refractivity contribution < 1.29 is 13.3 Å². The standard InChI is InChI=1S/C10H10N2O3S/c1-16(13,14)7-9-11-10(12-15-9)8-5-3-2-4-6-8/h2-6H,1,7H2,(H,13,14). The number of hydrogen-bond donors (Lipinski definition) is 1. The molecule has 16 heavy (non-hydrogen) atoms. The van der Waals surface area contributed by atoms with E-state index < -0.39 is 9.80 Å². The van der Waals surface area contributed by atoms with Gasteiger partial charge in [-0.15, -0.1) is 0 Å². The van der Waals surface area contributed by atoms with E-state index in [-0.39, 0.29) is 11.6 Å². The zero-order valence-electron chi connectivity index (χ0n) is 8.37. The predicted octanol–water partition coefficient (Wildman–Crippen LogP) is 1.43. The summed E-state index contributed by atoms with van der Waals surface area (Å²) in [6.45, 7) is 0. The van der Waals surface area contributed by atoms with Crippen molar-refractivity contribution >= 4 is 15.7 Å². The van der Waals surface area contributed by atoms with Crippen molar-refractivity contribution in [2.24, 2.45) is 0 Å². The van der Waals surface area contributed by atoms with Gasteiger partial charge in [0, 0.05) is 5.56 Å². The van der Waals surface area contributed by atoms with Gasteiger partial charge in [0.15, 0.2) is 0 Å². The molecule has 0 radical (unpaired) electrons. The van der Waals surface area contributed by atoms with E-state index in [1.165, 1.54) is 0 Å². The first-order chi connectivity index (χ1) is 7.54. The van der Waals surface area contributed by atoms with Crippen LogP contribution in [0.5, 0.6) is 0 Å². The first kappa shape index (κ1) is 10.8. The van der Waals surface area contributed by atoms with Crippen molar-refractivity contribution in [1.29, 1.82) is 0 Å². The van der Waals surface area contributed by atoms with E-state index >= 15 is 0 Å². The van der Waals surface area contributed by atoms with E-state index in [1.54, 1.807) is 0 Å². The molecule has 0 aliphatic carbocycles. The first-order valence-electron chi connectivity index (χ1n) is 4.50. The number of hydrogen-bond acceptors (Lipinski definition) is 4. The third kappa shape index (κ3) is 2.68. The Morgan fingerprint density at radius 2 is 2.06 bits per heavy atom. The van der Waals surface area contributed by atoms with E-state index in [4.69, 9.17) is 9.08 Å². The van der Waals surface area contributed by atoms with Gasteiger partial charge in [0.2, 0.25) is 11.7 Å². The lowest BCUT2D eigenvalue weighted by Gasteiger charge is -1.93. The van der Waals surface area contributed by atoms with Gasteiger partial charge in [-0.2, -0.15) is 4.98 Å². The summed E-state index contributed by atoms with van der Waals surface area (Å²) in [4.78, 5) is 4.01. The van der Waals surface area contributed by atoms with Crippen LogP contribution in [0.1, 0.15) is 5.89 Å². The molecule has 1 unspecified atom stereocenters. The Bertz CT molecular complexity index is 575. The Kier molecular flexibility index (Phi) is 2.76. The third-order valence-electron chi connectivity index (χ3n) is 1.85. The van der Waals surface area contributed by atoms with E-state index in [1.807, 2.05) is 30.3 Å². The maximum Gasteiger partial charge on any atom is 0.241 e. The van der Waals surface area contributed by atoms with Crippen LogP contribution in [0.3, 0.4) is 0 Å². The fourth-order valence-corrected chi connectivity index (χ4v) is 1.71. The van der Waals surface area contributed by atoms with Crippen LogP contribution < -0.4 is 0 Å². The van der Waals surface area contributed by atoms with Crippen LogP contribution in [0.2, 0.25) is 0 Å². The molecule has 1 N–H and O–H groups in total. The molecule has 1 aromatic carbocycles. The number of aromatic nitrogens is 2. The summed E-state index contributed by atoms with van der Waals surface area (Å²) in [7, 11) is -3.14. The van der Waals surface area contributed by atoms with Crippen LogP contribution in [0, 0.1) is 0 Å². The Labute approximate surface area is 93.0 Å². The molecule has 1 atom stereocenters. The summed E-state index contributed by atoms with van der Waals surface area (Å²) >= 11 is 0. The minimum absolute atomic E-state index is 0.112. The normalized spacial score (nSPS) is 14.6. The fourth-order valence-electron chi connectivity index (χ4n) is 1.21. The van der Waals surface area contributed by atoms with Crippen LogP contribution >= 0.6 is 0 Å². The van der Waals surface area contributed by atoms with Crippen LogP contribution in [-0.2, 0) is 15.6 Å². The zero-order valence-corrected chi connectivity index (χ0v) is 9.18. The minimum atomic E-state index is -3.14. The SMILES string of the molecule is C=S(=O)(O)Cc1nc(-c2ccccc2)no1. The zero-order chi connectivity index (χ0) is 11.6. The van der Waals surface area contributed by atoms with Crippen LogP contribution in [0.15, 0.2) is 34.9 Å². The molecule has 0 amide bonds. The fraction of sp³-hybridized carbons (Fsp3) is 0.100. The van der Waals surface area contributed by atoms with Gasteiger partial charge in [-0.1, -0.05) is 35.5 Å². The minimum Gasteiger partial charge on any atom is -0.338 e. The molecular weight excluding hydrogens is 228 g/mol. The summed E-state index contributed by atoms with van der Waals surface area (Å²) in [6, 6.07) is 9.23. The molecule has 0 fully saturated rings. The Morgan fingerprint density at radius 3 is 2.69 bits per heavy atom. The quantitative estimate of drug-likeness (QED) is 0.818. The molecule has 0 saturated heterocycles. The highest BCUT2D eigenvalue weighted by Crippen LogP contribution is 2.15. The molecule has 0 saturated carbocycles. The maximum atomic E-state index is 11.0. The van der Waals surface area contributed by atoms with Gasteiger partial charge in [0.05, 0.1) is 9.80 Å². The highest BCUT2D eigenvalue weighted by molar-refractivity contribution is 7.94. The molecule has 84 valence electrons. The largest absolute Gasteiger partial charge is 0.338 e. The monoisotopic (exact) mass is 238 g/mol. The maximum absolute atomic E-state index is 11.0. The van der Waals surface area contributed by atoms with Gasteiger partial charge in [0.25, 0.3) is 0 Å². The average molecular weight is 238 g/mol. The first-order valence-corrected chi connectivity index (χ1v) is 6.35. The summed E-state index contributed by atoms with van der Waals surface area (Å²) in [6.07, 6.45) is 0. The molecule has 1 aromatic heterocycles. The van der Waals surface area contributed by atoms with Gasteiger partial charge in [-0.25, -0.2) is 4.21 Å². The molecule has 0 aliphatic rings. The van der Waals surface area contributed by atoms with Gasteiger partial charge in [-0.3, -0.25) is 0 Å². The number of benzene rings is 1. The van der Waals surface area contributed by atoms with Gasteiger partial charge >= 0.3 is 0 Å². The van der Waals surface area contributed by atoms with Crippen LogP contribution in [-0.4, -0.2) is 24.8 Å². The summed E-state index contributed by atoms with van der Waals surface area (Å²) in [5, 5.41) is 3.72. The van der Waals surface area contributed by atoms with Gasteiger partial charge < -0.3 is 9.08 Å². The van der Waals surface area contributed by atoms with E-state index in [2.05, 4.69) is 16.0 Å². The summed E-state index contributed by atoms with van der Waals surface area (Å²) < 4.78 is 24.9. The lowest BCUT2D eigenvalue weighted by Crippen LogP contribution is -2.01. The second-order valence-electron chi connectivity index (χ2n) is 3.29. The highest BCUT2D eigenvalue weighted by Gasteiger charge is 2.11. The molecule has 0 bridgehead atoms. The number of nitrogens with zero attached hydrogens (tertiary/aromatic N) is 2. The van der Waals surface area contributed by atoms with Crippen molar-refractivity contribution in [3.63, 3.8) is 0 Å². The van der Waals surface area contributed by atoms with E-state index in [0.717, 1.165) is 5.56 Å². The lowest BCUT2D eigenvalue weighted by molar-refractivity contribution is 0.388. The summed E-state index contributed by atoms with van der Waals surface area (Å²) in [5.74, 6) is 3.39. The number of rotatable bonds is 3. The topological polar surface area (TPSA) is 76.2 Å². The molecule has 5 nitrogen and oxygen atoms in total. The highest BCUT2D eigenvalue weighted by atomic mass is 32.2. The van der Waals surface area contributed by atoms with Gasteiger partial charge in [-0.05, 0) is 5.87 Å². The van der Waals surface area contributed by atoms with Crippen molar-refractivity contribution in [2.75, 3.05) is 0 Å². The van der Waals surface area contributed by atoms with Crippen molar-refractivity contribution in [2.45, 2.75) is 5.75 Å². The molecule has 1 heterocycles. The smallest absolute Gasteiger partial charge is 0.241 e. The predicted molar refractivity (Wildman–Crippen MR) is 61.3 cm³/mol. The molecule has 2 rings (SSSR count). The van der Waals surface area contributed by atoms with Crippen molar-refractivity contribution in [1.82, 2.24) is 10.1 Å². The second-order valence-corrected chi connectivity index (χ2v) is 5.13. The van der Waals surface area contributed by atoms with Crippen LogP contribution in [0.25, 0.3) is 11.4 Å². The Balaban J connectivity index is 2.27. The van der Waals surface area contributed by atoms with E-state index in [0.29, 0.717) is 5.82 Å². The molecule has 0 aliphatic heterocycles. The average Bonchev–Trinajstić information content (AvgIpc) is 2.65. The van der Waals surface area contributed by atoms with E-state index in [9.17, 15) is 4.21 Å². The van der Waals surface area contributed by atoms with Crippen molar-refractivity contribution in [3.05, 3.63) is 36.2 Å². The second kappa shape index (κ2) is 4.07. The molecule has 0 spiro atoms. The lowest BCUT2D eigenvalue weighted by atomic mass is 10.2. The van der Waals surface area contributed by atoms with Crippen LogP contribution in [0.4, 0.5) is 0 Å². The van der Waals surface area contributed by atoms with Gasteiger partial charge in [0.1, 0.15) is 5.75 Å².